The van der Waals surface area contributed by atoms with Crippen LogP contribution >= 0.6 is 0 Å². The Hall–Kier alpha value is -1.84. The van der Waals surface area contributed by atoms with Crippen LogP contribution in [0.2, 0.25) is 0 Å². The first-order chi connectivity index (χ1) is 9.22. The van der Waals surface area contributed by atoms with E-state index in [1.54, 1.807) is 6.07 Å². The van der Waals surface area contributed by atoms with E-state index in [1.807, 2.05) is 18.2 Å². The van der Waals surface area contributed by atoms with Crippen LogP contribution < -0.4 is 10.6 Å². The van der Waals surface area contributed by atoms with Crippen LogP contribution in [0.25, 0.3) is 0 Å². The molecule has 1 aromatic rings. The number of rotatable bonds is 5. The predicted molar refractivity (Wildman–Crippen MR) is 73.9 cm³/mol. The topological polar surface area (TPSA) is 58.2 Å². The van der Waals surface area contributed by atoms with Crippen molar-refractivity contribution < 1.29 is 9.59 Å². The molecule has 0 saturated carbocycles. The molecule has 0 saturated heterocycles. The maximum Gasteiger partial charge on any atom is 0.252 e. The highest BCUT2D eigenvalue weighted by Crippen LogP contribution is 2.16. The number of nitrogens with one attached hydrogen (secondary N) is 2. The van der Waals surface area contributed by atoms with Crippen molar-refractivity contribution in [1.29, 1.82) is 0 Å². The van der Waals surface area contributed by atoms with Crippen LogP contribution in [0, 0.1) is 0 Å². The second-order valence-corrected chi connectivity index (χ2v) is 4.89. The van der Waals surface area contributed by atoms with Gasteiger partial charge in [-0.15, -0.1) is 0 Å². The van der Waals surface area contributed by atoms with E-state index in [0.717, 1.165) is 24.8 Å². The minimum absolute atomic E-state index is 0.0843. The van der Waals surface area contributed by atoms with Crippen LogP contribution in [0.5, 0.6) is 0 Å². The number of fused-ring (bicyclic) bond motifs is 1. The van der Waals surface area contributed by atoms with Gasteiger partial charge in [0, 0.05) is 18.5 Å². The Kier molecular flexibility index (Phi) is 4.55. The summed E-state index contributed by atoms with van der Waals surface area (Å²) >= 11 is 0. The maximum absolute atomic E-state index is 12.0. The van der Waals surface area contributed by atoms with Crippen molar-refractivity contribution in [3.63, 3.8) is 0 Å². The third-order valence-electron chi connectivity index (χ3n) is 3.39. The van der Waals surface area contributed by atoms with Gasteiger partial charge in [-0.25, -0.2) is 0 Å². The number of unbranched alkanes of at least 4 members (excludes halogenated alkanes) is 2. The van der Waals surface area contributed by atoms with Crippen LogP contribution in [0.4, 0.5) is 0 Å². The molecule has 0 radical (unpaired) electrons. The van der Waals surface area contributed by atoms with Crippen LogP contribution in [-0.4, -0.2) is 24.4 Å². The monoisotopic (exact) mass is 260 g/mol. The van der Waals surface area contributed by atoms with Crippen molar-refractivity contribution in [2.45, 2.75) is 38.6 Å². The molecule has 0 bridgehead atoms. The Morgan fingerprint density at radius 3 is 2.95 bits per heavy atom. The molecular weight excluding hydrogens is 240 g/mol. The molecule has 1 heterocycles. The number of benzene rings is 1. The molecule has 0 aliphatic carbocycles. The first-order valence-electron chi connectivity index (χ1n) is 6.89. The molecule has 19 heavy (non-hydrogen) atoms. The zero-order valence-corrected chi connectivity index (χ0v) is 11.2. The Labute approximate surface area is 113 Å². The summed E-state index contributed by atoms with van der Waals surface area (Å²) in [6.45, 7) is 2.81. The number of amides is 2. The summed E-state index contributed by atoms with van der Waals surface area (Å²) in [5.74, 6) is -0.241. The zero-order chi connectivity index (χ0) is 13.7. The molecule has 0 fully saturated rings. The molecule has 102 valence electrons. The van der Waals surface area contributed by atoms with Gasteiger partial charge >= 0.3 is 0 Å². The largest absolute Gasteiger partial charge is 0.354 e. The maximum atomic E-state index is 12.0. The van der Waals surface area contributed by atoms with Gasteiger partial charge in [-0.2, -0.15) is 0 Å². The van der Waals surface area contributed by atoms with Gasteiger partial charge in [0.1, 0.15) is 6.04 Å². The minimum Gasteiger partial charge on any atom is -0.354 e. The van der Waals surface area contributed by atoms with Gasteiger partial charge < -0.3 is 10.6 Å². The van der Waals surface area contributed by atoms with Crippen molar-refractivity contribution in [1.82, 2.24) is 10.6 Å². The summed E-state index contributed by atoms with van der Waals surface area (Å²) in [6, 6.07) is 6.99. The zero-order valence-electron chi connectivity index (χ0n) is 11.2. The van der Waals surface area contributed by atoms with Crippen LogP contribution in [0.3, 0.4) is 0 Å². The number of carbonyl (C=O) groups is 2. The molecule has 1 aliphatic heterocycles. The summed E-state index contributed by atoms with van der Waals surface area (Å²) in [4.78, 5) is 23.9. The lowest BCUT2D eigenvalue weighted by atomic mass is 9.95. The van der Waals surface area contributed by atoms with Crippen LogP contribution in [0.15, 0.2) is 24.3 Å². The van der Waals surface area contributed by atoms with Gasteiger partial charge in [-0.1, -0.05) is 38.0 Å². The normalized spacial score (nSPS) is 17.5. The van der Waals surface area contributed by atoms with Gasteiger partial charge in [0.15, 0.2) is 0 Å². The minimum atomic E-state index is -0.441. The van der Waals surface area contributed by atoms with Gasteiger partial charge in [0.25, 0.3) is 5.91 Å². The first-order valence-corrected chi connectivity index (χ1v) is 6.89. The summed E-state index contributed by atoms with van der Waals surface area (Å²) < 4.78 is 0. The summed E-state index contributed by atoms with van der Waals surface area (Å²) in [7, 11) is 0. The molecule has 1 atom stereocenters. The van der Waals surface area contributed by atoms with Gasteiger partial charge in [0.05, 0.1) is 0 Å². The molecule has 1 unspecified atom stereocenters. The second-order valence-electron chi connectivity index (χ2n) is 4.89. The Morgan fingerprint density at radius 1 is 1.37 bits per heavy atom. The highest BCUT2D eigenvalue weighted by atomic mass is 16.2. The van der Waals surface area contributed by atoms with Crippen molar-refractivity contribution in [3.05, 3.63) is 35.4 Å². The van der Waals surface area contributed by atoms with E-state index in [2.05, 4.69) is 17.6 Å². The van der Waals surface area contributed by atoms with E-state index < -0.39 is 6.04 Å². The third-order valence-corrected chi connectivity index (χ3v) is 3.39. The lowest BCUT2D eigenvalue weighted by Crippen LogP contribution is -2.51. The molecule has 4 nitrogen and oxygen atoms in total. The fourth-order valence-electron chi connectivity index (χ4n) is 2.29. The van der Waals surface area contributed by atoms with E-state index in [1.165, 1.54) is 0 Å². The highest BCUT2D eigenvalue weighted by Gasteiger charge is 2.28. The second kappa shape index (κ2) is 6.36. The number of hydrogen-bond donors (Lipinski definition) is 2. The van der Waals surface area contributed by atoms with E-state index in [9.17, 15) is 9.59 Å². The molecule has 0 spiro atoms. The van der Waals surface area contributed by atoms with Crippen molar-refractivity contribution in [3.8, 4) is 0 Å². The average molecular weight is 260 g/mol. The van der Waals surface area contributed by atoms with E-state index in [-0.39, 0.29) is 11.8 Å². The van der Waals surface area contributed by atoms with Crippen molar-refractivity contribution in [2.24, 2.45) is 0 Å². The molecule has 1 aliphatic rings. The fourth-order valence-corrected chi connectivity index (χ4v) is 2.29. The number of hydrogen-bond acceptors (Lipinski definition) is 2. The lowest BCUT2D eigenvalue weighted by Gasteiger charge is -2.24. The highest BCUT2D eigenvalue weighted by molar-refractivity contribution is 6.00. The summed E-state index contributed by atoms with van der Waals surface area (Å²) in [5, 5.41) is 5.65. The molecule has 0 aromatic heterocycles. The summed E-state index contributed by atoms with van der Waals surface area (Å²) in [5.41, 5.74) is 1.62. The van der Waals surface area contributed by atoms with E-state index in [0.29, 0.717) is 18.5 Å². The fraction of sp³-hybridized carbons (Fsp3) is 0.467. The average Bonchev–Trinajstić information content (AvgIpc) is 2.43. The Balaban J connectivity index is 1.93. The molecule has 4 heteroatoms. The van der Waals surface area contributed by atoms with Gasteiger partial charge in [0.2, 0.25) is 5.91 Å². The van der Waals surface area contributed by atoms with Crippen molar-refractivity contribution in [2.75, 3.05) is 6.54 Å². The van der Waals surface area contributed by atoms with E-state index in [4.69, 9.17) is 0 Å². The predicted octanol–water partition coefficient (Wildman–Crippen LogP) is 1.65. The molecule has 2 rings (SSSR count). The Bertz CT molecular complexity index is 471. The van der Waals surface area contributed by atoms with Crippen molar-refractivity contribution >= 4 is 11.8 Å². The van der Waals surface area contributed by atoms with Gasteiger partial charge in [-0.05, 0) is 18.1 Å². The quantitative estimate of drug-likeness (QED) is 0.791. The number of carbonyl (C=O) groups excluding carboxylic acids is 2. The summed E-state index contributed by atoms with van der Waals surface area (Å²) in [6.07, 6.45) is 3.80. The lowest BCUT2D eigenvalue weighted by molar-refractivity contribution is -0.123. The smallest absolute Gasteiger partial charge is 0.252 e. The molecule has 2 amide bonds. The molecule has 2 N–H and O–H groups in total. The van der Waals surface area contributed by atoms with Gasteiger partial charge in [-0.3, -0.25) is 9.59 Å². The Morgan fingerprint density at radius 2 is 2.16 bits per heavy atom. The third kappa shape index (κ3) is 3.34. The first kappa shape index (κ1) is 13.6. The van der Waals surface area contributed by atoms with E-state index >= 15 is 0 Å². The standard InChI is InChI=1S/C15H20N2O2/c1-2-3-6-9-16-15(19)13-10-11-7-4-5-8-12(11)14(18)17-13/h4-5,7-8,13H,2-3,6,9-10H2,1H3,(H,16,19)(H,17,18). The SMILES string of the molecule is CCCCCNC(=O)C1Cc2ccccc2C(=O)N1. The molecule has 1 aromatic carbocycles. The van der Waals surface area contributed by atoms with Crippen LogP contribution in [-0.2, 0) is 11.2 Å². The van der Waals surface area contributed by atoms with Crippen LogP contribution in [0.1, 0.15) is 42.1 Å². The molecular formula is C15H20N2O2.